The number of hydrogen-bond donors (Lipinski definition) is 0. The minimum Gasteiger partial charge on any atom is -0.462 e. The molecule has 1 aliphatic rings. The van der Waals surface area contributed by atoms with Gasteiger partial charge in [0.1, 0.15) is 4.88 Å². The van der Waals surface area contributed by atoms with Crippen LogP contribution in [0.4, 0.5) is 0 Å². The highest BCUT2D eigenvalue weighted by atomic mass is 32.1. The first kappa shape index (κ1) is 21.7. The number of ether oxygens (including phenoxy) is 1. The zero-order chi connectivity index (χ0) is 19.9. The first-order valence-corrected chi connectivity index (χ1v) is 11.0. The van der Waals surface area contributed by atoms with Crippen LogP contribution in [-0.4, -0.2) is 12.6 Å². The Bertz CT molecular complexity index is 731. The Morgan fingerprint density at radius 2 is 2.07 bits per heavy atom. The van der Waals surface area contributed by atoms with Crippen LogP contribution >= 0.6 is 11.3 Å². The average molecular weight is 387 g/mol. The van der Waals surface area contributed by atoms with E-state index in [0.717, 1.165) is 24.1 Å². The summed E-state index contributed by atoms with van der Waals surface area (Å²) in [5, 5.41) is 0. The molecular weight excluding hydrogens is 352 g/mol. The Morgan fingerprint density at radius 1 is 1.30 bits per heavy atom. The maximum absolute atomic E-state index is 12.1. The predicted molar refractivity (Wildman–Crippen MR) is 117 cm³/mol. The summed E-state index contributed by atoms with van der Waals surface area (Å²) >= 11 is 1.50. The fourth-order valence-electron chi connectivity index (χ4n) is 3.63. The van der Waals surface area contributed by atoms with Crippen molar-refractivity contribution in [1.29, 1.82) is 0 Å². The highest BCUT2D eigenvalue weighted by molar-refractivity contribution is 7.14. The third-order valence-corrected chi connectivity index (χ3v) is 6.25. The van der Waals surface area contributed by atoms with Crippen LogP contribution in [0.1, 0.15) is 87.7 Å². The minimum absolute atomic E-state index is 0.200. The van der Waals surface area contributed by atoms with Crippen molar-refractivity contribution in [2.75, 3.05) is 6.61 Å². The molecule has 0 amide bonds. The lowest BCUT2D eigenvalue weighted by atomic mass is 9.72. The van der Waals surface area contributed by atoms with E-state index in [0.29, 0.717) is 11.5 Å². The van der Waals surface area contributed by atoms with Crippen molar-refractivity contribution in [3.8, 4) is 0 Å². The molecule has 1 aliphatic carbocycles. The van der Waals surface area contributed by atoms with Crippen molar-refractivity contribution >= 4 is 23.4 Å². The molecule has 148 valence electrons. The molecule has 27 heavy (non-hydrogen) atoms. The van der Waals surface area contributed by atoms with Gasteiger partial charge in [-0.25, -0.2) is 4.79 Å². The van der Waals surface area contributed by atoms with Gasteiger partial charge in [0.25, 0.3) is 0 Å². The third-order valence-electron chi connectivity index (χ3n) is 5.23. The maximum atomic E-state index is 12.1. The van der Waals surface area contributed by atoms with Crippen LogP contribution in [-0.2, 0) is 4.74 Å². The number of rotatable bonds is 8. The molecule has 0 radical (unpaired) electrons. The second-order valence-electron chi connectivity index (χ2n) is 8.20. The second kappa shape index (κ2) is 10.1. The monoisotopic (exact) mass is 386 g/mol. The first-order valence-electron chi connectivity index (χ1n) is 10.2. The first-order chi connectivity index (χ1) is 12.8. The standard InChI is InChI=1S/C24H34O2S/c1-6-7-8-16-26-23(25)22-14-12-20(27-22)17-18(2)11-13-21-19(3)10-9-15-24(21,4)5/h11-14,17H,6-10,15-16H2,1-5H3/b13-11?,18-17+. The van der Waals surface area contributed by atoms with E-state index >= 15 is 0 Å². The highest BCUT2D eigenvalue weighted by Gasteiger charge is 2.26. The fraction of sp³-hybridized carbons (Fsp3) is 0.542. The Morgan fingerprint density at radius 3 is 2.78 bits per heavy atom. The Hall–Kier alpha value is -1.61. The van der Waals surface area contributed by atoms with E-state index in [1.807, 2.05) is 12.1 Å². The third kappa shape index (κ3) is 6.49. The SMILES string of the molecule is CCCCCOC(=O)c1ccc(/C=C(\C)C=CC2=C(C)CCCC2(C)C)s1. The van der Waals surface area contributed by atoms with Gasteiger partial charge in [-0.2, -0.15) is 0 Å². The van der Waals surface area contributed by atoms with E-state index in [2.05, 4.69) is 52.8 Å². The van der Waals surface area contributed by atoms with Gasteiger partial charge in [-0.05, 0) is 74.3 Å². The number of unbranched alkanes of at least 4 members (excludes halogenated alkanes) is 2. The lowest BCUT2D eigenvalue weighted by molar-refractivity contribution is 0.0504. The Balaban J connectivity index is 2.00. The summed E-state index contributed by atoms with van der Waals surface area (Å²) in [7, 11) is 0. The number of esters is 1. The lowest BCUT2D eigenvalue weighted by Crippen LogP contribution is -2.19. The van der Waals surface area contributed by atoms with E-state index < -0.39 is 0 Å². The molecule has 0 aromatic carbocycles. The molecule has 0 aliphatic heterocycles. The zero-order valence-corrected chi connectivity index (χ0v) is 18.4. The topological polar surface area (TPSA) is 26.3 Å². The molecule has 1 heterocycles. The van der Waals surface area contributed by atoms with Crippen molar-refractivity contribution in [2.24, 2.45) is 5.41 Å². The molecule has 0 spiro atoms. The van der Waals surface area contributed by atoms with E-state index in [9.17, 15) is 4.79 Å². The molecule has 0 unspecified atom stereocenters. The van der Waals surface area contributed by atoms with Gasteiger partial charge in [-0.3, -0.25) is 0 Å². The largest absolute Gasteiger partial charge is 0.462 e. The number of thiophene rings is 1. The zero-order valence-electron chi connectivity index (χ0n) is 17.6. The van der Waals surface area contributed by atoms with Crippen LogP contribution in [0.3, 0.4) is 0 Å². The van der Waals surface area contributed by atoms with E-state index in [4.69, 9.17) is 4.74 Å². The molecule has 0 N–H and O–H groups in total. The summed E-state index contributed by atoms with van der Waals surface area (Å²) in [4.78, 5) is 13.9. The van der Waals surface area contributed by atoms with Gasteiger partial charge in [0, 0.05) is 4.88 Å². The smallest absolute Gasteiger partial charge is 0.348 e. The van der Waals surface area contributed by atoms with Crippen LogP contribution in [0.15, 0.2) is 41.0 Å². The van der Waals surface area contributed by atoms with Crippen molar-refractivity contribution in [3.63, 3.8) is 0 Å². The van der Waals surface area contributed by atoms with Gasteiger partial charge in [-0.1, -0.05) is 51.3 Å². The number of hydrogen-bond acceptors (Lipinski definition) is 3. The van der Waals surface area contributed by atoms with Crippen LogP contribution in [0.5, 0.6) is 0 Å². The van der Waals surface area contributed by atoms with Gasteiger partial charge >= 0.3 is 5.97 Å². The van der Waals surface area contributed by atoms with E-state index in [1.54, 1.807) is 0 Å². The normalized spacial score (nSPS) is 17.6. The van der Waals surface area contributed by atoms with Crippen LogP contribution < -0.4 is 0 Å². The predicted octanol–water partition coefficient (Wildman–Crippen LogP) is 7.58. The second-order valence-corrected chi connectivity index (χ2v) is 9.31. The maximum Gasteiger partial charge on any atom is 0.348 e. The summed E-state index contributed by atoms with van der Waals surface area (Å²) in [5.74, 6) is -0.200. The molecule has 0 saturated heterocycles. The molecule has 0 fully saturated rings. The summed E-state index contributed by atoms with van der Waals surface area (Å²) < 4.78 is 5.34. The van der Waals surface area contributed by atoms with Crippen molar-refractivity contribution < 1.29 is 9.53 Å². The van der Waals surface area contributed by atoms with Crippen molar-refractivity contribution in [2.45, 2.75) is 73.1 Å². The summed E-state index contributed by atoms with van der Waals surface area (Å²) in [6.45, 7) is 11.7. The van der Waals surface area contributed by atoms with Gasteiger partial charge in [0.05, 0.1) is 6.61 Å². The van der Waals surface area contributed by atoms with Crippen LogP contribution in [0.2, 0.25) is 0 Å². The van der Waals surface area contributed by atoms with Crippen molar-refractivity contribution in [3.05, 3.63) is 50.8 Å². The molecule has 0 bridgehead atoms. The van der Waals surface area contributed by atoms with Gasteiger partial charge in [0.15, 0.2) is 0 Å². The van der Waals surface area contributed by atoms with Gasteiger partial charge in [0.2, 0.25) is 0 Å². The molecule has 2 nitrogen and oxygen atoms in total. The highest BCUT2D eigenvalue weighted by Crippen LogP contribution is 2.40. The fourth-order valence-corrected chi connectivity index (χ4v) is 4.54. The number of carbonyl (C=O) groups excluding carboxylic acids is 1. The summed E-state index contributed by atoms with van der Waals surface area (Å²) in [6.07, 6.45) is 13.6. The summed E-state index contributed by atoms with van der Waals surface area (Å²) in [5.41, 5.74) is 4.45. The Labute approximate surface area is 169 Å². The van der Waals surface area contributed by atoms with Crippen LogP contribution in [0.25, 0.3) is 6.08 Å². The average Bonchev–Trinajstić information content (AvgIpc) is 3.06. The summed E-state index contributed by atoms with van der Waals surface area (Å²) in [6, 6.07) is 3.87. The van der Waals surface area contributed by atoms with E-state index in [-0.39, 0.29) is 11.4 Å². The quantitative estimate of drug-likeness (QED) is 0.261. The van der Waals surface area contributed by atoms with Gasteiger partial charge in [-0.15, -0.1) is 11.3 Å². The molecule has 1 aromatic rings. The number of allylic oxidation sites excluding steroid dienone is 5. The molecule has 2 rings (SSSR count). The minimum atomic E-state index is -0.200. The molecule has 1 aromatic heterocycles. The van der Waals surface area contributed by atoms with Crippen LogP contribution in [0, 0.1) is 5.41 Å². The Kier molecular flexibility index (Phi) is 8.09. The molecule has 0 atom stereocenters. The molecule has 0 saturated carbocycles. The number of carbonyl (C=O) groups is 1. The molecular formula is C24H34O2S. The van der Waals surface area contributed by atoms with E-state index in [1.165, 1.54) is 47.3 Å². The van der Waals surface area contributed by atoms with Gasteiger partial charge < -0.3 is 4.74 Å². The van der Waals surface area contributed by atoms with Crippen molar-refractivity contribution in [1.82, 2.24) is 0 Å². The molecule has 3 heteroatoms. The lowest BCUT2D eigenvalue weighted by Gasteiger charge is -2.32.